The Morgan fingerprint density at radius 1 is 1.04 bits per heavy atom. The van der Waals surface area contributed by atoms with E-state index in [0.29, 0.717) is 28.8 Å². The SMILES string of the molecule is COc1cc(OC(=O)C2CSC(c3ccccc3)=N2)cc(OC)c1OC. The van der Waals surface area contributed by atoms with Gasteiger partial charge in [-0.05, 0) is 0 Å². The minimum absolute atomic E-state index is 0.317. The van der Waals surface area contributed by atoms with Crippen LogP contribution >= 0.6 is 11.8 Å². The largest absolute Gasteiger partial charge is 0.493 e. The van der Waals surface area contributed by atoms with Gasteiger partial charge in [-0.15, -0.1) is 11.8 Å². The van der Waals surface area contributed by atoms with E-state index < -0.39 is 12.0 Å². The summed E-state index contributed by atoms with van der Waals surface area (Å²) >= 11 is 1.54. The molecule has 0 bridgehead atoms. The molecule has 6 nitrogen and oxygen atoms in total. The van der Waals surface area contributed by atoms with Crippen molar-refractivity contribution in [3.05, 3.63) is 48.0 Å². The molecule has 0 saturated carbocycles. The van der Waals surface area contributed by atoms with Crippen molar-refractivity contribution in [3.8, 4) is 23.0 Å². The van der Waals surface area contributed by atoms with Gasteiger partial charge in [0.15, 0.2) is 17.5 Å². The predicted octanol–water partition coefficient (Wildman–Crippen LogP) is 3.18. The number of rotatable bonds is 6. The number of hydrogen-bond donors (Lipinski definition) is 0. The van der Waals surface area contributed by atoms with Gasteiger partial charge in [-0.2, -0.15) is 0 Å². The molecule has 2 aromatic carbocycles. The number of hydrogen-bond acceptors (Lipinski definition) is 7. The quantitative estimate of drug-likeness (QED) is 0.572. The van der Waals surface area contributed by atoms with E-state index in [-0.39, 0.29) is 0 Å². The van der Waals surface area contributed by atoms with Gasteiger partial charge in [0.25, 0.3) is 0 Å². The van der Waals surface area contributed by atoms with Crippen LogP contribution in [-0.2, 0) is 4.79 Å². The van der Waals surface area contributed by atoms with Gasteiger partial charge in [-0.1, -0.05) is 30.3 Å². The van der Waals surface area contributed by atoms with E-state index in [4.69, 9.17) is 18.9 Å². The second-order valence-corrected chi connectivity index (χ2v) is 6.42. The monoisotopic (exact) mass is 373 g/mol. The molecule has 7 heteroatoms. The highest BCUT2D eigenvalue weighted by Crippen LogP contribution is 2.41. The smallest absolute Gasteiger partial charge is 0.337 e. The molecular formula is C19H19NO5S. The van der Waals surface area contributed by atoms with Crippen molar-refractivity contribution < 1.29 is 23.7 Å². The summed E-state index contributed by atoms with van der Waals surface area (Å²) in [5, 5.41) is 0.845. The van der Waals surface area contributed by atoms with Crippen LogP contribution in [0.2, 0.25) is 0 Å². The van der Waals surface area contributed by atoms with Crippen molar-refractivity contribution in [2.24, 2.45) is 4.99 Å². The maximum absolute atomic E-state index is 12.5. The molecule has 0 amide bonds. The van der Waals surface area contributed by atoms with E-state index in [2.05, 4.69) is 4.99 Å². The van der Waals surface area contributed by atoms with Crippen LogP contribution in [0.4, 0.5) is 0 Å². The van der Waals surface area contributed by atoms with Crippen molar-refractivity contribution in [3.63, 3.8) is 0 Å². The van der Waals surface area contributed by atoms with E-state index in [1.807, 2.05) is 30.3 Å². The Hall–Kier alpha value is -2.67. The number of benzene rings is 2. The van der Waals surface area contributed by atoms with Crippen LogP contribution in [0.5, 0.6) is 23.0 Å². The Morgan fingerprint density at radius 3 is 2.27 bits per heavy atom. The fourth-order valence-corrected chi connectivity index (χ4v) is 3.56. The number of carbonyl (C=O) groups excluding carboxylic acids is 1. The predicted molar refractivity (Wildman–Crippen MR) is 101 cm³/mol. The minimum atomic E-state index is -0.547. The van der Waals surface area contributed by atoms with Gasteiger partial charge in [0.05, 0.1) is 26.4 Å². The molecule has 0 radical (unpaired) electrons. The zero-order chi connectivity index (χ0) is 18.5. The first kappa shape index (κ1) is 18.1. The van der Waals surface area contributed by atoms with Gasteiger partial charge in [0.1, 0.15) is 5.75 Å². The molecule has 0 saturated heterocycles. The van der Waals surface area contributed by atoms with Gasteiger partial charge in [-0.25, -0.2) is 4.79 Å². The molecule has 3 rings (SSSR count). The molecule has 1 unspecified atom stereocenters. The Bertz CT molecular complexity index is 797. The molecule has 1 aliphatic heterocycles. The molecule has 26 heavy (non-hydrogen) atoms. The Balaban J connectivity index is 1.77. The second kappa shape index (κ2) is 8.14. The number of thioether (sulfide) groups is 1. The molecule has 0 spiro atoms. The molecule has 0 N–H and O–H groups in total. The van der Waals surface area contributed by atoms with Crippen LogP contribution < -0.4 is 18.9 Å². The number of esters is 1. The van der Waals surface area contributed by atoms with E-state index in [1.54, 1.807) is 23.9 Å². The van der Waals surface area contributed by atoms with Gasteiger partial charge in [0.2, 0.25) is 5.75 Å². The molecule has 136 valence electrons. The Labute approximate surface area is 156 Å². The number of nitrogens with zero attached hydrogens (tertiary/aromatic N) is 1. The highest BCUT2D eigenvalue weighted by Gasteiger charge is 2.28. The lowest BCUT2D eigenvalue weighted by atomic mass is 10.2. The minimum Gasteiger partial charge on any atom is -0.493 e. The fraction of sp³-hybridized carbons (Fsp3) is 0.263. The van der Waals surface area contributed by atoms with E-state index in [9.17, 15) is 4.79 Å². The summed E-state index contributed by atoms with van der Waals surface area (Å²) in [5.41, 5.74) is 1.00. The lowest BCUT2D eigenvalue weighted by molar-refractivity contribution is -0.135. The summed E-state index contributed by atoms with van der Waals surface area (Å²) in [6.45, 7) is 0. The highest BCUT2D eigenvalue weighted by atomic mass is 32.2. The Kier molecular flexibility index (Phi) is 5.68. The van der Waals surface area contributed by atoms with Crippen LogP contribution in [0.1, 0.15) is 5.56 Å². The maximum atomic E-state index is 12.5. The average molecular weight is 373 g/mol. The maximum Gasteiger partial charge on any atom is 0.337 e. The third kappa shape index (κ3) is 3.77. The standard InChI is InChI=1S/C19H19NO5S/c1-22-15-9-13(10-16(23-2)17(15)24-3)25-19(21)14-11-26-18(20-14)12-7-5-4-6-8-12/h4-10,14H,11H2,1-3H3. The first-order valence-electron chi connectivity index (χ1n) is 7.94. The fourth-order valence-electron chi connectivity index (χ4n) is 2.53. The van der Waals surface area contributed by atoms with Gasteiger partial charge in [-0.3, -0.25) is 4.99 Å². The van der Waals surface area contributed by atoms with Gasteiger partial charge < -0.3 is 18.9 Å². The summed E-state index contributed by atoms with van der Waals surface area (Å²) < 4.78 is 21.3. The first-order chi connectivity index (χ1) is 12.7. The summed E-state index contributed by atoms with van der Waals surface area (Å²) in [6.07, 6.45) is 0. The summed E-state index contributed by atoms with van der Waals surface area (Å²) in [4.78, 5) is 17.0. The van der Waals surface area contributed by atoms with Crippen molar-refractivity contribution in [2.75, 3.05) is 27.1 Å². The normalized spacial score (nSPS) is 16.0. The number of methoxy groups -OCH3 is 3. The van der Waals surface area contributed by atoms with Crippen LogP contribution in [0, 0.1) is 0 Å². The van der Waals surface area contributed by atoms with Crippen molar-refractivity contribution in [1.82, 2.24) is 0 Å². The van der Waals surface area contributed by atoms with E-state index >= 15 is 0 Å². The van der Waals surface area contributed by atoms with Crippen LogP contribution in [0.15, 0.2) is 47.5 Å². The second-order valence-electron chi connectivity index (χ2n) is 5.41. The zero-order valence-corrected chi connectivity index (χ0v) is 15.5. The number of carbonyl (C=O) groups is 1. The van der Waals surface area contributed by atoms with Crippen LogP contribution in [0.3, 0.4) is 0 Å². The molecule has 0 aromatic heterocycles. The topological polar surface area (TPSA) is 66.4 Å². The van der Waals surface area contributed by atoms with Crippen LogP contribution in [-0.4, -0.2) is 44.1 Å². The third-order valence-electron chi connectivity index (χ3n) is 3.80. The van der Waals surface area contributed by atoms with Gasteiger partial charge in [0, 0.05) is 23.4 Å². The summed E-state index contributed by atoms with van der Waals surface area (Å²) in [6, 6.07) is 12.4. The van der Waals surface area contributed by atoms with Crippen LogP contribution in [0.25, 0.3) is 0 Å². The van der Waals surface area contributed by atoms with E-state index in [1.165, 1.54) is 21.3 Å². The molecule has 1 aliphatic rings. The lowest BCUT2D eigenvalue weighted by Crippen LogP contribution is -2.24. The zero-order valence-electron chi connectivity index (χ0n) is 14.7. The molecular weight excluding hydrogens is 354 g/mol. The number of aliphatic imine (C=N–C) groups is 1. The molecule has 1 heterocycles. The average Bonchev–Trinajstić information content (AvgIpc) is 3.18. The Morgan fingerprint density at radius 2 is 1.69 bits per heavy atom. The first-order valence-corrected chi connectivity index (χ1v) is 8.92. The molecule has 1 atom stereocenters. The van der Waals surface area contributed by atoms with Crippen molar-refractivity contribution in [2.45, 2.75) is 6.04 Å². The third-order valence-corrected chi connectivity index (χ3v) is 4.90. The summed E-state index contributed by atoms with van der Waals surface area (Å²) in [7, 11) is 4.53. The summed E-state index contributed by atoms with van der Waals surface area (Å²) in [5.74, 6) is 1.73. The highest BCUT2D eigenvalue weighted by molar-refractivity contribution is 8.14. The lowest BCUT2D eigenvalue weighted by Gasteiger charge is -2.14. The van der Waals surface area contributed by atoms with Crippen molar-refractivity contribution in [1.29, 1.82) is 0 Å². The van der Waals surface area contributed by atoms with Gasteiger partial charge >= 0.3 is 5.97 Å². The van der Waals surface area contributed by atoms with E-state index in [0.717, 1.165) is 10.6 Å². The molecule has 0 fully saturated rings. The van der Waals surface area contributed by atoms with Crippen molar-refractivity contribution >= 4 is 22.8 Å². The molecule has 0 aliphatic carbocycles. The number of ether oxygens (including phenoxy) is 4. The molecule has 2 aromatic rings.